The molecule has 1 nitrogen and oxygen atoms in total. The zero-order valence-corrected chi connectivity index (χ0v) is 12.5. The molecule has 0 N–H and O–H groups in total. The number of fused-ring (bicyclic) bond motifs is 1. The number of hydrogen-bond acceptors (Lipinski definition) is 0. The predicted octanol–water partition coefficient (Wildman–Crippen LogP) is 4.30. The Bertz CT molecular complexity index is 608. The summed E-state index contributed by atoms with van der Waals surface area (Å²) in [5.41, 5.74) is 4.08. The molecule has 2 aromatic rings. The second-order valence-corrected chi connectivity index (χ2v) is 6.29. The van der Waals surface area contributed by atoms with Crippen molar-refractivity contribution in [3.05, 3.63) is 59.7 Å². The average Bonchev–Trinajstić information content (AvgIpc) is 2.31. The smallest absolute Gasteiger partial charge is 0.105 e. The molecular formula is C18H24N+. The molecule has 0 atom stereocenters. The van der Waals surface area contributed by atoms with Crippen LogP contribution in [0.1, 0.15) is 18.1 Å². The van der Waals surface area contributed by atoms with Crippen LogP contribution in [0.3, 0.4) is 0 Å². The quantitative estimate of drug-likeness (QED) is 0.563. The van der Waals surface area contributed by atoms with Gasteiger partial charge in [0.05, 0.1) is 20.6 Å². The molecular weight excluding hydrogens is 230 g/mol. The van der Waals surface area contributed by atoms with E-state index in [-0.39, 0.29) is 0 Å². The number of quaternary nitrogens is 1. The van der Waals surface area contributed by atoms with E-state index in [9.17, 15) is 0 Å². The fourth-order valence-electron chi connectivity index (χ4n) is 2.87. The summed E-state index contributed by atoms with van der Waals surface area (Å²) in [7, 11) is 4.55. The standard InChI is InChI=1S/C18H24N/c1-14(2)12-19(4,5)13-18-15(3)10-11-16-8-6-7-9-17(16)18/h6-11H,1,12-13H2,2-5H3/q+1. The first-order chi connectivity index (χ1) is 8.89. The Morgan fingerprint density at radius 3 is 2.47 bits per heavy atom. The maximum Gasteiger partial charge on any atom is 0.105 e. The summed E-state index contributed by atoms with van der Waals surface area (Å²) in [5, 5.41) is 2.72. The molecule has 2 rings (SSSR count). The van der Waals surface area contributed by atoms with E-state index >= 15 is 0 Å². The van der Waals surface area contributed by atoms with Gasteiger partial charge in [-0.1, -0.05) is 43.0 Å². The van der Waals surface area contributed by atoms with Crippen LogP contribution in [0.4, 0.5) is 0 Å². The molecule has 0 aromatic heterocycles. The molecule has 0 aliphatic heterocycles. The third kappa shape index (κ3) is 3.24. The second kappa shape index (κ2) is 5.18. The minimum Gasteiger partial charge on any atom is -0.321 e. The molecule has 0 fully saturated rings. The third-order valence-electron chi connectivity index (χ3n) is 3.56. The summed E-state index contributed by atoms with van der Waals surface area (Å²) in [6, 6.07) is 13.1. The lowest BCUT2D eigenvalue weighted by Crippen LogP contribution is -2.40. The molecule has 0 heterocycles. The van der Waals surface area contributed by atoms with Crippen molar-refractivity contribution in [3.8, 4) is 0 Å². The van der Waals surface area contributed by atoms with Crippen molar-refractivity contribution in [1.82, 2.24) is 0 Å². The van der Waals surface area contributed by atoms with Crippen molar-refractivity contribution >= 4 is 10.8 Å². The van der Waals surface area contributed by atoms with Gasteiger partial charge in [-0.25, -0.2) is 0 Å². The Hall–Kier alpha value is -1.60. The van der Waals surface area contributed by atoms with Crippen molar-refractivity contribution < 1.29 is 4.48 Å². The highest BCUT2D eigenvalue weighted by Crippen LogP contribution is 2.25. The second-order valence-electron chi connectivity index (χ2n) is 6.29. The molecule has 0 saturated heterocycles. The highest BCUT2D eigenvalue weighted by molar-refractivity contribution is 5.86. The first-order valence-electron chi connectivity index (χ1n) is 6.83. The molecule has 0 unspecified atom stereocenters. The van der Waals surface area contributed by atoms with Gasteiger partial charge in [0, 0.05) is 5.56 Å². The SMILES string of the molecule is C=C(C)C[N+](C)(C)Cc1c(C)ccc2ccccc12. The summed E-state index contributed by atoms with van der Waals surface area (Å²) in [6.07, 6.45) is 0. The van der Waals surface area contributed by atoms with Gasteiger partial charge in [0.25, 0.3) is 0 Å². The fourth-order valence-corrected chi connectivity index (χ4v) is 2.87. The normalized spacial score (nSPS) is 11.8. The van der Waals surface area contributed by atoms with Crippen LogP contribution in [0, 0.1) is 6.92 Å². The van der Waals surface area contributed by atoms with Crippen LogP contribution in [-0.2, 0) is 6.54 Å². The lowest BCUT2D eigenvalue weighted by atomic mass is 9.98. The Kier molecular flexibility index (Phi) is 3.77. The molecule has 0 amide bonds. The summed E-state index contributed by atoms with van der Waals surface area (Å²) in [6.45, 7) is 10.4. The predicted molar refractivity (Wildman–Crippen MR) is 84.2 cm³/mol. The Balaban J connectivity index is 2.44. The lowest BCUT2D eigenvalue weighted by molar-refractivity contribution is -0.898. The van der Waals surface area contributed by atoms with E-state index in [1.165, 1.54) is 27.5 Å². The monoisotopic (exact) mass is 254 g/mol. The largest absolute Gasteiger partial charge is 0.321 e. The summed E-state index contributed by atoms with van der Waals surface area (Å²) in [5.74, 6) is 0. The molecule has 0 aliphatic carbocycles. The average molecular weight is 254 g/mol. The molecule has 1 heteroatoms. The number of benzene rings is 2. The minimum absolute atomic E-state index is 0.949. The van der Waals surface area contributed by atoms with Crippen molar-refractivity contribution in [1.29, 1.82) is 0 Å². The minimum atomic E-state index is 0.949. The van der Waals surface area contributed by atoms with Gasteiger partial charge < -0.3 is 4.48 Å². The summed E-state index contributed by atoms with van der Waals surface area (Å²) in [4.78, 5) is 0. The van der Waals surface area contributed by atoms with Crippen LogP contribution in [0.15, 0.2) is 48.6 Å². The van der Waals surface area contributed by atoms with E-state index in [1.807, 2.05) is 0 Å². The van der Waals surface area contributed by atoms with Crippen molar-refractivity contribution in [3.63, 3.8) is 0 Å². The van der Waals surface area contributed by atoms with Crippen LogP contribution in [-0.4, -0.2) is 25.1 Å². The van der Waals surface area contributed by atoms with Crippen LogP contribution >= 0.6 is 0 Å². The van der Waals surface area contributed by atoms with Gasteiger partial charge in [-0.3, -0.25) is 0 Å². The molecule has 19 heavy (non-hydrogen) atoms. The number of hydrogen-bond donors (Lipinski definition) is 0. The topological polar surface area (TPSA) is 0 Å². The van der Waals surface area contributed by atoms with Crippen molar-refractivity contribution in [2.24, 2.45) is 0 Å². The number of aryl methyl sites for hydroxylation is 1. The maximum atomic E-state index is 4.05. The van der Waals surface area contributed by atoms with E-state index in [0.717, 1.165) is 17.6 Å². The zero-order chi connectivity index (χ0) is 14.0. The molecule has 100 valence electrons. The van der Waals surface area contributed by atoms with E-state index in [0.29, 0.717) is 0 Å². The molecule has 2 aromatic carbocycles. The van der Waals surface area contributed by atoms with Crippen molar-refractivity contribution in [2.45, 2.75) is 20.4 Å². The molecule has 0 spiro atoms. The van der Waals surface area contributed by atoms with Crippen LogP contribution in [0.5, 0.6) is 0 Å². The Labute approximate surface area is 116 Å². The highest BCUT2D eigenvalue weighted by atomic mass is 15.3. The number of rotatable bonds is 4. The van der Waals surface area contributed by atoms with Gasteiger partial charge in [-0.05, 0) is 35.8 Å². The van der Waals surface area contributed by atoms with E-state index < -0.39 is 0 Å². The number of nitrogens with zero attached hydrogens (tertiary/aromatic N) is 1. The Morgan fingerprint density at radius 2 is 1.79 bits per heavy atom. The number of likely N-dealkylation sites (N-methyl/N-ethyl adjacent to an activating group) is 1. The van der Waals surface area contributed by atoms with Crippen LogP contribution in [0.25, 0.3) is 10.8 Å². The maximum absolute atomic E-state index is 4.05. The van der Waals surface area contributed by atoms with Gasteiger partial charge in [-0.2, -0.15) is 0 Å². The van der Waals surface area contributed by atoms with Gasteiger partial charge >= 0.3 is 0 Å². The van der Waals surface area contributed by atoms with Gasteiger partial charge in [0.1, 0.15) is 6.54 Å². The van der Waals surface area contributed by atoms with Gasteiger partial charge in [0.2, 0.25) is 0 Å². The molecule has 0 radical (unpaired) electrons. The summed E-state index contributed by atoms with van der Waals surface area (Å²) < 4.78 is 0.949. The zero-order valence-electron chi connectivity index (χ0n) is 12.5. The fraction of sp³-hybridized carbons (Fsp3) is 0.333. The third-order valence-corrected chi connectivity index (χ3v) is 3.56. The van der Waals surface area contributed by atoms with Crippen LogP contribution < -0.4 is 0 Å². The van der Waals surface area contributed by atoms with E-state index in [4.69, 9.17) is 0 Å². The Morgan fingerprint density at radius 1 is 1.11 bits per heavy atom. The first-order valence-corrected chi connectivity index (χ1v) is 6.83. The lowest BCUT2D eigenvalue weighted by Gasteiger charge is -2.31. The molecule has 0 saturated carbocycles. The van der Waals surface area contributed by atoms with Gasteiger partial charge in [0.15, 0.2) is 0 Å². The summed E-state index contributed by atoms with van der Waals surface area (Å²) >= 11 is 0. The molecule has 0 aliphatic rings. The highest BCUT2D eigenvalue weighted by Gasteiger charge is 2.18. The van der Waals surface area contributed by atoms with E-state index in [2.05, 4.69) is 70.9 Å². The van der Waals surface area contributed by atoms with Crippen LogP contribution in [0.2, 0.25) is 0 Å². The first kappa shape index (κ1) is 13.8. The van der Waals surface area contributed by atoms with Crippen molar-refractivity contribution in [2.75, 3.05) is 20.6 Å². The van der Waals surface area contributed by atoms with Gasteiger partial charge in [-0.15, -0.1) is 0 Å². The van der Waals surface area contributed by atoms with E-state index in [1.54, 1.807) is 0 Å². The molecule has 0 bridgehead atoms.